The fraction of sp³-hybridized carbons (Fsp3) is 0.647. The van der Waals surface area contributed by atoms with Crippen molar-refractivity contribution in [3.05, 3.63) is 35.9 Å². The van der Waals surface area contributed by atoms with Gasteiger partial charge in [0.25, 0.3) is 0 Å². The van der Waals surface area contributed by atoms with Crippen LogP contribution in [0.15, 0.2) is 30.3 Å². The lowest BCUT2D eigenvalue weighted by molar-refractivity contribution is 0.0390. The Morgan fingerprint density at radius 3 is 2.30 bits per heavy atom. The first-order valence-electron chi connectivity index (χ1n) is 7.71. The van der Waals surface area contributed by atoms with Crippen LogP contribution in [0.25, 0.3) is 0 Å². The van der Waals surface area contributed by atoms with E-state index in [-0.39, 0.29) is 6.10 Å². The van der Waals surface area contributed by atoms with Crippen molar-refractivity contribution in [3.63, 3.8) is 0 Å². The van der Waals surface area contributed by atoms with Crippen molar-refractivity contribution in [2.75, 3.05) is 7.05 Å². The molecule has 1 saturated heterocycles. The van der Waals surface area contributed by atoms with Crippen LogP contribution in [0.3, 0.4) is 0 Å². The Morgan fingerprint density at radius 2 is 1.70 bits per heavy atom. The third-order valence-corrected chi connectivity index (χ3v) is 4.52. The average Bonchev–Trinajstić information content (AvgIpc) is 2.43. The van der Waals surface area contributed by atoms with Crippen LogP contribution >= 0.6 is 0 Å². The van der Waals surface area contributed by atoms with Gasteiger partial charge in [0.15, 0.2) is 0 Å². The topological polar surface area (TPSA) is 43.7 Å². The van der Waals surface area contributed by atoms with Gasteiger partial charge in [-0.05, 0) is 45.2 Å². The van der Waals surface area contributed by atoms with E-state index in [0.717, 1.165) is 31.2 Å². The Bertz CT molecular complexity index is 393. The van der Waals surface area contributed by atoms with Crippen LogP contribution in [0.5, 0.6) is 0 Å². The van der Waals surface area contributed by atoms with Gasteiger partial charge in [-0.15, -0.1) is 0 Å². The van der Waals surface area contributed by atoms with E-state index in [2.05, 4.69) is 11.9 Å². The van der Waals surface area contributed by atoms with E-state index in [4.69, 9.17) is 0 Å². The molecule has 20 heavy (non-hydrogen) atoms. The Labute approximate surface area is 122 Å². The van der Waals surface area contributed by atoms with Crippen molar-refractivity contribution in [3.8, 4) is 0 Å². The predicted molar refractivity (Wildman–Crippen MR) is 81.5 cm³/mol. The number of hydrogen-bond donors (Lipinski definition) is 2. The predicted octanol–water partition coefficient (Wildman–Crippen LogP) is 2.73. The molecule has 0 saturated carbocycles. The molecule has 0 radical (unpaired) electrons. The highest BCUT2D eigenvalue weighted by Gasteiger charge is 2.29. The second kappa shape index (κ2) is 7.21. The molecule has 1 aliphatic rings. The van der Waals surface area contributed by atoms with E-state index in [0.29, 0.717) is 12.1 Å². The molecule has 1 fully saturated rings. The van der Waals surface area contributed by atoms with Crippen LogP contribution in [0.2, 0.25) is 0 Å². The molecule has 2 rings (SSSR count). The van der Waals surface area contributed by atoms with Gasteiger partial charge in [0.1, 0.15) is 0 Å². The summed E-state index contributed by atoms with van der Waals surface area (Å²) in [5.74, 6) is 0. The number of aliphatic hydroxyl groups excluding tert-OH is 2. The van der Waals surface area contributed by atoms with E-state index in [1.807, 2.05) is 37.3 Å². The van der Waals surface area contributed by atoms with E-state index in [1.165, 1.54) is 6.42 Å². The van der Waals surface area contributed by atoms with Crippen molar-refractivity contribution in [1.29, 1.82) is 0 Å². The van der Waals surface area contributed by atoms with Gasteiger partial charge in [-0.2, -0.15) is 0 Å². The minimum Gasteiger partial charge on any atom is -0.393 e. The molecule has 1 aromatic carbocycles. The van der Waals surface area contributed by atoms with E-state index in [9.17, 15) is 10.2 Å². The molecule has 0 spiro atoms. The molecule has 2 N–H and O–H groups in total. The average molecular weight is 277 g/mol. The highest BCUT2D eigenvalue weighted by atomic mass is 16.3. The summed E-state index contributed by atoms with van der Waals surface area (Å²) in [6.45, 7) is 1.86. The molecule has 4 unspecified atom stereocenters. The SMILES string of the molecule is CC(O)CC1CCCC(CC(O)c2ccccc2)N1C. The molecule has 0 bridgehead atoms. The molecule has 3 heteroatoms. The third-order valence-electron chi connectivity index (χ3n) is 4.52. The van der Waals surface area contributed by atoms with Crippen LogP contribution in [0.1, 0.15) is 50.7 Å². The maximum atomic E-state index is 10.4. The number of hydrogen-bond acceptors (Lipinski definition) is 3. The maximum Gasteiger partial charge on any atom is 0.0805 e. The number of nitrogens with zero attached hydrogens (tertiary/aromatic N) is 1. The maximum absolute atomic E-state index is 10.4. The summed E-state index contributed by atoms with van der Waals surface area (Å²) in [5.41, 5.74) is 0.999. The summed E-state index contributed by atoms with van der Waals surface area (Å²) in [4.78, 5) is 2.36. The van der Waals surface area contributed by atoms with Crippen LogP contribution in [-0.2, 0) is 0 Å². The molecule has 0 aliphatic carbocycles. The van der Waals surface area contributed by atoms with Gasteiger partial charge in [-0.25, -0.2) is 0 Å². The van der Waals surface area contributed by atoms with E-state index >= 15 is 0 Å². The fourth-order valence-electron chi connectivity index (χ4n) is 3.33. The summed E-state index contributed by atoms with van der Waals surface area (Å²) < 4.78 is 0. The van der Waals surface area contributed by atoms with Gasteiger partial charge >= 0.3 is 0 Å². The van der Waals surface area contributed by atoms with Crippen molar-refractivity contribution in [2.45, 2.75) is 63.3 Å². The number of rotatable bonds is 5. The lowest BCUT2D eigenvalue weighted by Gasteiger charge is -2.41. The fourth-order valence-corrected chi connectivity index (χ4v) is 3.33. The molecular formula is C17H27NO2. The van der Waals surface area contributed by atoms with Gasteiger partial charge in [-0.1, -0.05) is 36.8 Å². The largest absolute Gasteiger partial charge is 0.393 e. The second-order valence-electron chi connectivity index (χ2n) is 6.15. The normalized spacial score (nSPS) is 27.2. The van der Waals surface area contributed by atoms with Crippen molar-refractivity contribution < 1.29 is 10.2 Å². The third kappa shape index (κ3) is 4.05. The first-order valence-corrected chi connectivity index (χ1v) is 7.71. The van der Waals surface area contributed by atoms with Crippen LogP contribution < -0.4 is 0 Å². The van der Waals surface area contributed by atoms with Crippen LogP contribution in [-0.4, -0.2) is 40.3 Å². The minimum absolute atomic E-state index is 0.250. The number of piperidine rings is 1. The zero-order chi connectivity index (χ0) is 14.5. The van der Waals surface area contributed by atoms with Gasteiger partial charge < -0.3 is 15.1 Å². The van der Waals surface area contributed by atoms with E-state index in [1.54, 1.807) is 0 Å². The summed E-state index contributed by atoms with van der Waals surface area (Å²) in [5, 5.41) is 20.0. The first-order chi connectivity index (χ1) is 9.58. The van der Waals surface area contributed by atoms with Gasteiger partial charge in [0.05, 0.1) is 12.2 Å². The molecule has 0 aromatic heterocycles. The standard InChI is InChI=1S/C17H27NO2/c1-13(19)11-15-9-6-10-16(18(15)2)12-17(20)14-7-4-3-5-8-14/h3-5,7-8,13,15-17,19-20H,6,9-12H2,1-2H3. The lowest BCUT2D eigenvalue weighted by Crippen LogP contribution is -2.45. The van der Waals surface area contributed by atoms with Gasteiger partial charge in [0, 0.05) is 12.1 Å². The lowest BCUT2D eigenvalue weighted by atomic mass is 9.89. The van der Waals surface area contributed by atoms with Crippen LogP contribution in [0, 0.1) is 0 Å². The summed E-state index contributed by atoms with van der Waals surface area (Å²) in [6.07, 6.45) is 4.43. The number of aliphatic hydroxyl groups is 2. The highest BCUT2D eigenvalue weighted by Crippen LogP contribution is 2.30. The monoisotopic (exact) mass is 277 g/mol. The molecule has 0 amide bonds. The smallest absolute Gasteiger partial charge is 0.0805 e. The second-order valence-corrected chi connectivity index (χ2v) is 6.15. The first kappa shape index (κ1) is 15.5. The molecule has 1 heterocycles. The summed E-state index contributed by atoms with van der Waals surface area (Å²) in [7, 11) is 2.13. The molecule has 3 nitrogen and oxygen atoms in total. The number of likely N-dealkylation sites (tertiary alicyclic amines) is 1. The van der Waals surface area contributed by atoms with E-state index < -0.39 is 6.10 Å². The Balaban J connectivity index is 1.94. The van der Waals surface area contributed by atoms with Crippen molar-refractivity contribution in [2.24, 2.45) is 0 Å². The Morgan fingerprint density at radius 1 is 1.10 bits per heavy atom. The molecule has 112 valence electrons. The molecule has 1 aliphatic heterocycles. The molecule has 1 aromatic rings. The summed E-state index contributed by atoms with van der Waals surface area (Å²) in [6, 6.07) is 10.7. The van der Waals surface area contributed by atoms with Crippen LogP contribution in [0.4, 0.5) is 0 Å². The highest BCUT2D eigenvalue weighted by molar-refractivity contribution is 5.17. The molecular weight excluding hydrogens is 250 g/mol. The van der Waals surface area contributed by atoms with Crippen molar-refractivity contribution >= 4 is 0 Å². The zero-order valence-corrected chi connectivity index (χ0v) is 12.6. The quantitative estimate of drug-likeness (QED) is 0.870. The van der Waals surface area contributed by atoms with Gasteiger partial charge in [0.2, 0.25) is 0 Å². The van der Waals surface area contributed by atoms with Gasteiger partial charge in [-0.3, -0.25) is 0 Å². The number of benzene rings is 1. The van der Waals surface area contributed by atoms with Crippen molar-refractivity contribution in [1.82, 2.24) is 4.90 Å². The summed E-state index contributed by atoms with van der Waals surface area (Å²) >= 11 is 0. The minimum atomic E-state index is -0.394. The Hall–Kier alpha value is -0.900. The molecule has 4 atom stereocenters. The zero-order valence-electron chi connectivity index (χ0n) is 12.6. The Kier molecular flexibility index (Phi) is 5.58.